The number of alkyl halides is 3. The number of carbonyl (C=O) groups excluding carboxylic acids is 1. The Morgan fingerprint density at radius 1 is 1.19 bits per heavy atom. The number of nitriles is 1. The van der Waals surface area contributed by atoms with Crippen LogP contribution in [0.3, 0.4) is 0 Å². The first-order valence-electron chi connectivity index (χ1n) is 7.43. The molecule has 27 heavy (non-hydrogen) atoms. The molecule has 0 saturated heterocycles. The molecule has 1 amide bonds. The summed E-state index contributed by atoms with van der Waals surface area (Å²) in [6.07, 6.45) is -3.61. The largest absolute Gasteiger partial charge is 0.417 e. The van der Waals surface area contributed by atoms with Gasteiger partial charge in [0.1, 0.15) is 11.6 Å². The van der Waals surface area contributed by atoms with Crippen molar-refractivity contribution < 1.29 is 18.0 Å². The second-order valence-corrected chi connectivity index (χ2v) is 6.19. The SMILES string of the molecule is Cc1c(Cl)cccc1NC(=O)/C(C#N)=C\Nc1ccc(Cl)c(C(F)(F)F)c1. The van der Waals surface area contributed by atoms with Gasteiger partial charge in [-0.1, -0.05) is 29.3 Å². The molecule has 0 aliphatic rings. The van der Waals surface area contributed by atoms with E-state index >= 15 is 0 Å². The summed E-state index contributed by atoms with van der Waals surface area (Å²) in [5.74, 6) is -0.736. The zero-order chi connectivity index (χ0) is 20.2. The van der Waals surface area contributed by atoms with Crippen LogP contribution in [-0.4, -0.2) is 5.91 Å². The highest BCUT2D eigenvalue weighted by Crippen LogP contribution is 2.36. The average Bonchev–Trinajstić information content (AvgIpc) is 2.60. The van der Waals surface area contributed by atoms with Gasteiger partial charge in [-0.15, -0.1) is 0 Å². The molecule has 140 valence electrons. The Morgan fingerprint density at radius 3 is 2.52 bits per heavy atom. The number of hydrogen-bond donors (Lipinski definition) is 2. The number of anilines is 2. The maximum atomic E-state index is 12.9. The highest BCUT2D eigenvalue weighted by atomic mass is 35.5. The molecule has 0 aliphatic carbocycles. The summed E-state index contributed by atoms with van der Waals surface area (Å²) in [6.45, 7) is 1.69. The van der Waals surface area contributed by atoms with E-state index in [9.17, 15) is 18.0 Å². The summed E-state index contributed by atoms with van der Waals surface area (Å²) in [7, 11) is 0. The molecule has 0 atom stereocenters. The van der Waals surface area contributed by atoms with Crippen molar-refractivity contribution in [3.63, 3.8) is 0 Å². The molecule has 2 N–H and O–H groups in total. The molecule has 0 saturated carbocycles. The molecule has 0 radical (unpaired) electrons. The first-order valence-corrected chi connectivity index (χ1v) is 8.19. The summed E-state index contributed by atoms with van der Waals surface area (Å²) in [4.78, 5) is 12.2. The van der Waals surface area contributed by atoms with Gasteiger partial charge in [0, 0.05) is 22.6 Å². The fraction of sp³-hybridized carbons (Fsp3) is 0.111. The third kappa shape index (κ3) is 5.16. The molecule has 0 fully saturated rings. The minimum Gasteiger partial charge on any atom is -0.360 e. The van der Waals surface area contributed by atoms with Crippen LogP contribution in [0.1, 0.15) is 11.1 Å². The van der Waals surface area contributed by atoms with Crippen LogP contribution in [0, 0.1) is 18.3 Å². The molecule has 0 heterocycles. The van der Waals surface area contributed by atoms with E-state index in [-0.39, 0.29) is 11.3 Å². The molecule has 2 aromatic rings. The summed E-state index contributed by atoms with van der Waals surface area (Å²) >= 11 is 11.5. The number of amides is 1. The number of rotatable bonds is 4. The number of nitrogens with zero attached hydrogens (tertiary/aromatic N) is 1. The number of carbonyl (C=O) groups is 1. The Kier molecular flexibility index (Phi) is 6.37. The predicted octanol–water partition coefficient (Wildman–Crippen LogP) is 5.78. The molecule has 0 bridgehead atoms. The number of halogens is 5. The normalized spacial score (nSPS) is 11.7. The van der Waals surface area contributed by atoms with E-state index < -0.39 is 22.7 Å². The van der Waals surface area contributed by atoms with Gasteiger partial charge in [0.15, 0.2) is 0 Å². The van der Waals surface area contributed by atoms with E-state index in [0.717, 1.165) is 18.3 Å². The van der Waals surface area contributed by atoms with Crippen LogP contribution in [0.4, 0.5) is 24.5 Å². The molecule has 2 aromatic carbocycles. The number of nitrogens with one attached hydrogen (secondary N) is 2. The van der Waals surface area contributed by atoms with Crippen LogP contribution >= 0.6 is 23.2 Å². The fourth-order valence-electron chi connectivity index (χ4n) is 2.07. The standard InChI is InChI=1S/C18H12Cl2F3N3O/c1-10-14(19)3-2-4-16(10)26-17(27)11(8-24)9-25-12-5-6-15(20)13(7-12)18(21,22)23/h2-7,9,25H,1H3,(H,26,27)/b11-9-. The Balaban J connectivity index is 2.21. The number of benzene rings is 2. The van der Waals surface area contributed by atoms with E-state index in [0.29, 0.717) is 16.3 Å². The van der Waals surface area contributed by atoms with Crippen molar-refractivity contribution in [1.29, 1.82) is 5.26 Å². The molecule has 0 unspecified atom stereocenters. The minimum atomic E-state index is -4.63. The van der Waals surface area contributed by atoms with Gasteiger partial charge < -0.3 is 10.6 Å². The lowest BCUT2D eigenvalue weighted by Crippen LogP contribution is -2.15. The van der Waals surface area contributed by atoms with Crippen molar-refractivity contribution >= 4 is 40.5 Å². The third-order valence-corrected chi connectivity index (χ3v) is 4.27. The van der Waals surface area contributed by atoms with Crippen LogP contribution in [0.15, 0.2) is 48.2 Å². The highest BCUT2D eigenvalue weighted by molar-refractivity contribution is 6.32. The smallest absolute Gasteiger partial charge is 0.360 e. The van der Waals surface area contributed by atoms with E-state index in [1.807, 2.05) is 0 Å². The third-order valence-electron chi connectivity index (χ3n) is 3.54. The maximum Gasteiger partial charge on any atom is 0.417 e. The molecule has 0 aliphatic heterocycles. The van der Waals surface area contributed by atoms with Crippen LogP contribution in [-0.2, 0) is 11.0 Å². The Hall–Kier alpha value is -2.69. The number of hydrogen-bond acceptors (Lipinski definition) is 3. The zero-order valence-corrected chi connectivity index (χ0v) is 15.3. The molecular weight excluding hydrogens is 402 g/mol. The second-order valence-electron chi connectivity index (χ2n) is 5.37. The van der Waals surface area contributed by atoms with Crippen LogP contribution in [0.25, 0.3) is 0 Å². The highest BCUT2D eigenvalue weighted by Gasteiger charge is 2.33. The van der Waals surface area contributed by atoms with E-state index in [1.165, 1.54) is 6.07 Å². The summed E-state index contributed by atoms with van der Waals surface area (Å²) < 4.78 is 38.6. The van der Waals surface area contributed by atoms with Gasteiger partial charge in [0.25, 0.3) is 5.91 Å². The first-order chi connectivity index (χ1) is 12.6. The molecule has 4 nitrogen and oxygen atoms in total. The van der Waals surface area contributed by atoms with Gasteiger partial charge in [-0.2, -0.15) is 18.4 Å². The van der Waals surface area contributed by atoms with Gasteiger partial charge in [-0.25, -0.2) is 0 Å². The monoisotopic (exact) mass is 413 g/mol. The van der Waals surface area contributed by atoms with Crippen molar-refractivity contribution in [2.24, 2.45) is 0 Å². The molecule has 2 rings (SSSR count). The second kappa shape index (κ2) is 8.33. The van der Waals surface area contributed by atoms with Crippen molar-refractivity contribution in [1.82, 2.24) is 0 Å². The van der Waals surface area contributed by atoms with E-state index in [1.54, 1.807) is 31.2 Å². The topological polar surface area (TPSA) is 64.9 Å². The van der Waals surface area contributed by atoms with Crippen molar-refractivity contribution in [2.75, 3.05) is 10.6 Å². The van der Waals surface area contributed by atoms with Crippen LogP contribution in [0.5, 0.6) is 0 Å². The Morgan fingerprint density at radius 2 is 1.89 bits per heavy atom. The average molecular weight is 414 g/mol. The maximum absolute atomic E-state index is 12.9. The van der Waals surface area contributed by atoms with Gasteiger partial charge in [0.2, 0.25) is 0 Å². The Labute approximate surface area is 163 Å². The van der Waals surface area contributed by atoms with E-state index in [2.05, 4.69) is 10.6 Å². The zero-order valence-electron chi connectivity index (χ0n) is 13.8. The molecule has 9 heteroatoms. The first kappa shape index (κ1) is 20.6. The van der Waals surface area contributed by atoms with Crippen LogP contribution in [0.2, 0.25) is 10.0 Å². The van der Waals surface area contributed by atoms with Crippen LogP contribution < -0.4 is 10.6 Å². The minimum absolute atomic E-state index is 0.0196. The van der Waals surface area contributed by atoms with Gasteiger partial charge in [0.05, 0.1) is 10.6 Å². The quantitative estimate of drug-likeness (QED) is 0.493. The van der Waals surface area contributed by atoms with Gasteiger partial charge in [-0.05, 0) is 42.8 Å². The van der Waals surface area contributed by atoms with Crippen molar-refractivity contribution in [2.45, 2.75) is 13.1 Å². The lowest BCUT2D eigenvalue weighted by molar-refractivity contribution is -0.137. The van der Waals surface area contributed by atoms with Gasteiger partial charge >= 0.3 is 6.18 Å². The van der Waals surface area contributed by atoms with Crippen molar-refractivity contribution in [3.8, 4) is 6.07 Å². The molecular formula is C18H12Cl2F3N3O. The molecule has 0 aromatic heterocycles. The lowest BCUT2D eigenvalue weighted by Gasteiger charge is -2.11. The summed E-state index contributed by atoms with van der Waals surface area (Å²) in [5, 5.41) is 14.2. The summed E-state index contributed by atoms with van der Waals surface area (Å²) in [5.41, 5.74) is -0.311. The van der Waals surface area contributed by atoms with E-state index in [4.69, 9.17) is 28.5 Å². The summed E-state index contributed by atoms with van der Waals surface area (Å²) in [6, 6.07) is 9.72. The molecule has 0 spiro atoms. The van der Waals surface area contributed by atoms with Gasteiger partial charge in [-0.3, -0.25) is 4.79 Å². The van der Waals surface area contributed by atoms with Crippen molar-refractivity contribution in [3.05, 3.63) is 69.3 Å². The fourth-order valence-corrected chi connectivity index (χ4v) is 2.47. The lowest BCUT2D eigenvalue weighted by atomic mass is 10.2. The Bertz CT molecular complexity index is 950. The predicted molar refractivity (Wildman–Crippen MR) is 98.6 cm³/mol.